The lowest BCUT2D eigenvalue weighted by Gasteiger charge is -2.18. The fraction of sp³-hybridized carbons (Fsp3) is 0.154. The van der Waals surface area contributed by atoms with Crippen molar-refractivity contribution in [2.75, 3.05) is 6.61 Å². The molecule has 0 fully saturated rings. The largest absolute Gasteiger partial charge is 0.366 e. The number of aromatic nitrogens is 7. The van der Waals surface area contributed by atoms with Crippen LogP contribution in [0.3, 0.4) is 0 Å². The number of carbonyl (C=O) groups is 1. The molecule has 1 atom stereocenters. The second-order valence-electron chi connectivity index (χ2n) is 8.69. The van der Waals surface area contributed by atoms with E-state index in [2.05, 4.69) is 30.3 Å². The molecular weight excluding hydrogens is 568 g/mol. The molecule has 5 rings (SSSR count). The highest BCUT2D eigenvalue weighted by Gasteiger charge is 2.21. The summed E-state index contributed by atoms with van der Waals surface area (Å²) in [4.78, 5) is 15.8. The number of rotatable bonds is 10. The molecular formula is C26H19ClF4N8O2. The van der Waals surface area contributed by atoms with Gasteiger partial charge in [0.05, 0.1) is 40.8 Å². The minimum absolute atomic E-state index is 0.0498. The van der Waals surface area contributed by atoms with Crippen LogP contribution in [0.2, 0.25) is 5.02 Å². The van der Waals surface area contributed by atoms with E-state index in [-0.39, 0.29) is 29.2 Å². The first-order valence-corrected chi connectivity index (χ1v) is 12.3. The highest BCUT2D eigenvalue weighted by atomic mass is 35.5. The molecule has 10 nitrogen and oxygen atoms in total. The van der Waals surface area contributed by atoms with Crippen LogP contribution in [0.5, 0.6) is 0 Å². The Labute approximate surface area is 234 Å². The molecule has 0 bridgehead atoms. The van der Waals surface area contributed by atoms with Gasteiger partial charge >= 0.3 is 6.61 Å². The number of carbonyl (C=O) groups excluding carboxylic acids is 1. The Morgan fingerprint density at radius 3 is 2.51 bits per heavy atom. The number of primary amides is 1. The molecule has 15 heteroatoms. The van der Waals surface area contributed by atoms with Gasteiger partial charge in [0.2, 0.25) is 0 Å². The van der Waals surface area contributed by atoms with Gasteiger partial charge in [-0.1, -0.05) is 23.7 Å². The van der Waals surface area contributed by atoms with E-state index in [0.29, 0.717) is 28.1 Å². The Morgan fingerprint density at radius 1 is 1.05 bits per heavy atom. The summed E-state index contributed by atoms with van der Waals surface area (Å²) in [6.45, 7) is -3.30. The van der Waals surface area contributed by atoms with Crippen molar-refractivity contribution in [1.29, 1.82) is 0 Å². The molecule has 3 heterocycles. The van der Waals surface area contributed by atoms with Crippen molar-refractivity contribution >= 4 is 17.5 Å². The molecule has 2 aromatic carbocycles. The minimum Gasteiger partial charge on any atom is -0.366 e. The van der Waals surface area contributed by atoms with Gasteiger partial charge in [-0.2, -0.15) is 18.6 Å². The Balaban J connectivity index is 1.49. The van der Waals surface area contributed by atoms with E-state index < -0.39 is 30.2 Å². The smallest absolute Gasteiger partial charge is 0.345 e. The summed E-state index contributed by atoms with van der Waals surface area (Å²) in [5.41, 5.74) is 7.00. The Hall–Kier alpha value is -4.69. The summed E-state index contributed by atoms with van der Waals surface area (Å²) >= 11 is 6.04. The number of hydrogen-bond acceptors (Lipinski definition) is 7. The number of hydrogen-bond donors (Lipinski definition) is 1. The third-order valence-corrected chi connectivity index (χ3v) is 6.50. The molecule has 210 valence electrons. The Kier molecular flexibility index (Phi) is 8.03. The average Bonchev–Trinajstić information content (AvgIpc) is 3.66. The van der Waals surface area contributed by atoms with Gasteiger partial charge in [-0.15, -0.1) is 5.10 Å². The predicted molar refractivity (Wildman–Crippen MR) is 138 cm³/mol. The van der Waals surface area contributed by atoms with Crippen molar-refractivity contribution in [2.24, 2.45) is 5.73 Å². The van der Waals surface area contributed by atoms with Crippen molar-refractivity contribution < 1.29 is 27.1 Å². The number of nitrogens with two attached hydrogens (primary N) is 1. The third-order valence-electron chi connectivity index (χ3n) is 6.21. The first-order valence-electron chi connectivity index (χ1n) is 11.9. The summed E-state index contributed by atoms with van der Waals surface area (Å²) in [6, 6.07) is 9.34. The van der Waals surface area contributed by atoms with Crippen LogP contribution < -0.4 is 5.73 Å². The van der Waals surface area contributed by atoms with Gasteiger partial charge in [0.1, 0.15) is 12.1 Å². The molecule has 0 saturated heterocycles. The first kappa shape index (κ1) is 27.9. The SMILES string of the molecule is NC(=O)c1ccc(-c2cnn(C(CCOC(F)F)c3ccc(-c4c(-n5cnnn5)ccc(Cl)c4F)cn3)c2)cc1F. The molecule has 0 aliphatic rings. The molecule has 0 aliphatic carbocycles. The number of halogens is 5. The molecule has 5 aromatic rings. The van der Waals surface area contributed by atoms with Crippen molar-refractivity contribution in [1.82, 2.24) is 35.0 Å². The standard InChI is InChI=1S/C26H19ClF4N8O2/c27-18-4-6-22(39-13-34-36-37-39)23(24(18)29)15-2-5-20(33-10-15)21(7-8-41-26(30)31)38-12-16(11-35-38)14-1-3-17(25(32)40)19(28)9-14/h1-6,9-13,21,26H,7-8H2,(H2,32,40). The number of alkyl halides is 2. The van der Waals surface area contributed by atoms with Crippen molar-refractivity contribution in [2.45, 2.75) is 19.1 Å². The minimum atomic E-state index is -2.97. The van der Waals surface area contributed by atoms with Crippen LogP contribution in [0.15, 0.2) is 67.4 Å². The topological polar surface area (TPSA) is 127 Å². The van der Waals surface area contributed by atoms with Gasteiger partial charge in [-0.3, -0.25) is 14.5 Å². The number of tetrazole rings is 1. The lowest BCUT2D eigenvalue weighted by Crippen LogP contribution is -2.16. The van der Waals surface area contributed by atoms with Crippen molar-refractivity contribution in [3.05, 3.63) is 95.3 Å². The van der Waals surface area contributed by atoms with Gasteiger partial charge < -0.3 is 10.5 Å². The molecule has 1 unspecified atom stereocenters. The zero-order valence-corrected chi connectivity index (χ0v) is 21.6. The normalized spacial score (nSPS) is 12.1. The van der Waals surface area contributed by atoms with E-state index in [4.69, 9.17) is 17.3 Å². The molecule has 0 spiro atoms. The van der Waals surface area contributed by atoms with Crippen LogP contribution in [0, 0.1) is 11.6 Å². The Morgan fingerprint density at radius 2 is 1.85 bits per heavy atom. The van der Waals surface area contributed by atoms with E-state index >= 15 is 4.39 Å². The van der Waals surface area contributed by atoms with Crippen molar-refractivity contribution in [3.63, 3.8) is 0 Å². The monoisotopic (exact) mass is 586 g/mol. The van der Waals surface area contributed by atoms with Gasteiger partial charge in [0, 0.05) is 29.1 Å². The van der Waals surface area contributed by atoms with E-state index in [1.807, 2.05) is 0 Å². The van der Waals surface area contributed by atoms with Crippen LogP contribution in [0.1, 0.15) is 28.5 Å². The zero-order valence-electron chi connectivity index (χ0n) is 20.8. The van der Waals surface area contributed by atoms with Gasteiger partial charge in [-0.05, 0) is 52.7 Å². The molecule has 2 N–H and O–H groups in total. The molecule has 0 radical (unpaired) electrons. The number of ether oxygens (including phenoxy) is 1. The molecule has 1 amide bonds. The maximum absolute atomic E-state index is 15.2. The van der Waals surface area contributed by atoms with Crippen LogP contribution >= 0.6 is 11.6 Å². The highest BCUT2D eigenvalue weighted by molar-refractivity contribution is 6.31. The van der Waals surface area contributed by atoms with E-state index in [1.54, 1.807) is 24.4 Å². The average molecular weight is 587 g/mol. The second-order valence-corrected chi connectivity index (χ2v) is 9.09. The molecule has 0 aliphatic heterocycles. The summed E-state index contributed by atoms with van der Waals surface area (Å²) in [6.07, 6.45) is 5.78. The third kappa shape index (κ3) is 5.93. The van der Waals surface area contributed by atoms with Crippen LogP contribution in [-0.4, -0.2) is 54.1 Å². The van der Waals surface area contributed by atoms with Crippen LogP contribution in [0.25, 0.3) is 27.9 Å². The van der Waals surface area contributed by atoms with Crippen LogP contribution in [0.4, 0.5) is 17.6 Å². The lowest BCUT2D eigenvalue weighted by atomic mass is 10.0. The fourth-order valence-corrected chi connectivity index (χ4v) is 4.42. The maximum Gasteiger partial charge on any atom is 0.345 e. The van der Waals surface area contributed by atoms with E-state index in [0.717, 1.165) is 6.07 Å². The summed E-state index contributed by atoms with van der Waals surface area (Å²) in [5, 5.41) is 15.2. The van der Waals surface area contributed by atoms with Gasteiger partial charge in [0.25, 0.3) is 5.91 Å². The number of benzene rings is 2. The maximum atomic E-state index is 15.2. The quantitative estimate of drug-likeness (QED) is 0.232. The second kappa shape index (κ2) is 11.8. The van der Waals surface area contributed by atoms with Gasteiger partial charge in [0.15, 0.2) is 5.82 Å². The number of pyridine rings is 1. The Bertz CT molecular complexity index is 1680. The number of nitrogens with zero attached hydrogens (tertiary/aromatic N) is 7. The zero-order chi connectivity index (χ0) is 29.1. The fourth-order valence-electron chi connectivity index (χ4n) is 4.26. The summed E-state index contributed by atoms with van der Waals surface area (Å²) in [5.74, 6) is -2.40. The van der Waals surface area contributed by atoms with E-state index in [1.165, 1.54) is 46.3 Å². The van der Waals surface area contributed by atoms with Crippen molar-refractivity contribution in [3.8, 4) is 27.9 Å². The lowest BCUT2D eigenvalue weighted by molar-refractivity contribution is -0.130. The molecule has 3 aromatic heterocycles. The molecule has 41 heavy (non-hydrogen) atoms. The number of amides is 1. The van der Waals surface area contributed by atoms with Gasteiger partial charge in [-0.25, -0.2) is 8.78 Å². The summed E-state index contributed by atoms with van der Waals surface area (Å²) in [7, 11) is 0. The molecule has 0 saturated carbocycles. The predicted octanol–water partition coefficient (Wildman–Crippen LogP) is 4.84. The van der Waals surface area contributed by atoms with E-state index in [9.17, 15) is 18.0 Å². The van der Waals surface area contributed by atoms with Crippen LogP contribution in [-0.2, 0) is 4.74 Å². The first-order chi connectivity index (χ1) is 19.7. The highest BCUT2D eigenvalue weighted by Crippen LogP contribution is 2.34. The summed E-state index contributed by atoms with van der Waals surface area (Å²) < 4.78 is 62.1.